The van der Waals surface area contributed by atoms with Crippen molar-refractivity contribution in [3.05, 3.63) is 69.7 Å². The minimum Gasteiger partial charge on any atom is -0.497 e. The van der Waals surface area contributed by atoms with Crippen LogP contribution in [0.5, 0.6) is 5.75 Å². The van der Waals surface area contributed by atoms with Gasteiger partial charge in [-0.3, -0.25) is 4.79 Å². The standard InChI is InChI=1S/C20H19ClN2O2S/c1-13-18(26-19(22-13)15-5-4-6-16(21)11-15)20(24)23(2)12-14-7-9-17(25-3)10-8-14/h4-11H,12H2,1-3H3. The Bertz CT molecular complexity index is 922. The molecule has 0 aliphatic rings. The average Bonchev–Trinajstić information content (AvgIpc) is 3.03. The Morgan fingerprint density at radius 2 is 1.96 bits per heavy atom. The van der Waals surface area contributed by atoms with Crippen molar-refractivity contribution in [1.29, 1.82) is 0 Å². The second kappa shape index (κ2) is 7.89. The topological polar surface area (TPSA) is 42.4 Å². The number of methoxy groups -OCH3 is 1. The molecular formula is C20H19ClN2O2S. The highest BCUT2D eigenvalue weighted by molar-refractivity contribution is 7.17. The van der Waals surface area contributed by atoms with Crippen LogP contribution < -0.4 is 4.74 Å². The van der Waals surface area contributed by atoms with Crippen LogP contribution in [-0.2, 0) is 6.54 Å². The van der Waals surface area contributed by atoms with Gasteiger partial charge in [-0.05, 0) is 36.8 Å². The van der Waals surface area contributed by atoms with Gasteiger partial charge in [0.05, 0.1) is 12.8 Å². The van der Waals surface area contributed by atoms with Gasteiger partial charge < -0.3 is 9.64 Å². The number of hydrogen-bond acceptors (Lipinski definition) is 4. The number of halogens is 1. The fourth-order valence-corrected chi connectivity index (χ4v) is 3.84. The van der Waals surface area contributed by atoms with Crippen molar-refractivity contribution in [2.24, 2.45) is 0 Å². The highest BCUT2D eigenvalue weighted by atomic mass is 35.5. The monoisotopic (exact) mass is 386 g/mol. The molecule has 0 aliphatic heterocycles. The number of aromatic nitrogens is 1. The van der Waals surface area contributed by atoms with Crippen LogP contribution in [-0.4, -0.2) is 29.9 Å². The van der Waals surface area contributed by atoms with Crippen molar-refractivity contribution < 1.29 is 9.53 Å². The van der Waals surface area contributed by atoms with Crippen LogP contribution in [0.4, 0.5) is 0 Å². The number of carbonyl (C=O) groups excluding carboxylic acids is 1. The summed E-state index contributed by atoms with van der Waals surface area (Å²) in [7, 11) is 3.43. The third-order valence-corrected chi connectivity index (χ3v) is 5.42. The lowest BCUT2D eigenvalue weighted by Crippen LogP contribution is -2.26. The minimum absolute atomic E-state index is 0.0379. The number of amides is 1. The predicted molar refractivity (Wildman–Crippen MR) is 106 cm³/mol. The number of carbonyl (C=O) groups is 1. The lowest BCUT2D eigenvalue weighted by Gasteiger charge is -2.16. The van der Waals surface area contributed by atoms with Gasteiger partial charge in [0.1, 0.15) is 15.6 Å². The lowest BCUT2D eigenvalue weighted by atomic mass is 10.2. The molecular weight excluding hydrogens is 368 g/mol. The van der Waals surface area contributed by atoms with Gasteiger partial charge >= 0.3 is 0 Å². The fourth-order valence-electron chi connectivity index (χ4n) is 2.59. The Labute approximate surface area is 162 Å². The molecule has 0 unspecified atom stereocenters. The second-order valence-corrected chi connectivity index (χ2v) is 7.39. The molecule has 1 aromatic heterocycles. The van der Waals surface area contributed by atoms with E-state index in [0.29, 0.717) is 16.4 Å². The summed E-state index contributed by atoms with van der Waals surface area (Å²) in [4.78, 5) is 19.7. The van der Waals surface area contributed by atoms with E-state index in [9.17, 15) is 4.79 Å². The summed E-state index contributed by atoms with van der Waals surface area (Å²) >= 11 is 7.45. The van der Waals surface area contributed by atoms with Crippen molar-refractivity contribution >= 4 is 28.8 Å². The summed E-state index contributed by atoms with van der Waals surface area (Å²) in [5.74, 6) is 0.760. The Hall–Kier alpha value is -2.37. The van der Waals surface area contributed by atoms with Gasteiger partial charge in [-0.25, -0.2) is 4.98 Å². The number of nitrogens with zero attached hydrogens (tertiary/aromatic N) is 2. The predicted octanol–water partition coefficient (Wildman–Crippen LogP) is 5.05. The zero-order valence-corrected chi connectivity index (χ0v) is 16.4. The van der Waals surface area contributed by atoms with E-state index in [1.807, 2.05) is 55.5 Å². The van der Waals surface area contributed by atoms with Gasteiger partial charge in [0.15, 0.2) is 0 Å². The molecule has 0 N–H and O–H groups in total. The molecule has 4 nitrogen and oxygen atoms in total. The van der Waals surface area contributed by atoms with Gasteiger partial charge in [0, 0.05) is 24.2 Å². The number of aryl methyl sites for hydroxylation is 1. The van der Waals surface area contributed by atoms with Crippen molar-refractivity contribution in [1.82, 2.24) is 9.88 Å². The summed E-state index contributed by atoms with van der Waals surface area (Å²) in [6.07, 6.45) is 0. The molecule has 0 fully saturated rings. The SMILES string of the molecule is COc1ccc(CN(C)C(=O)c2sc(-c3cccc(Cl)c3)nc2C)cc1. The van der Waals surface area contributed by atoms with E-state index >= 15 is 0 Å². The molecule has 0 atom stereocenters. The van der Waals surface area contributed by atoms with E-state index in [1.165, 1.54) is 11.3 Å². The maximum atomic E-state index is 12.9. The molecule has 0 radical (unpaired) electrons. The highest BCUT2D eigenvalue weighted by Crippen LogP contribution is 2.30. The summed E-state index contributed by atoms with van der Waals surface area (Å²) in [5.41, 5.74) is 2.69. The molecule has 0 aliphatic carbocycles. The first kappa shape index (κ1) is 18.4. The Morgan fingerprint density at radius 1 is 1.23 bits per heavy atom. The summed E-state index contributed by atoms with van der Waals surface area (Å²) < 4.78 is 5.16. The highest BCUT2D eigenvalue weighted by Gasteiger charge is 2.20. The number of hydrogen-bond donors (Lipinski definition) is 0. The molecule has 1 heterocycles. The average molecular weight is 387 g/mol. The van der Waals surface area contributed by atoms with Crippen LogP contribution in [0.3, 0.4) is 0 Å². The van der Waals surface area contributed by atoms with E-state index in [-0.39, 0.29) is 5.91 Å². The molecule has 0 spiro atoms. The first-order valence-corrected chi connectivity index (χ1v) is 9.29. The van der Waals surface area contributed by atoms with Crippen molar-refractivity contribution in [3.63, 3.8) is 0 Å². The van der Waals surface area contributed by atoms with Crippen LogP contribution in [0, 0.1) is 6.92 Å². The Morgan fingerprint density at radius 3 is 2.62 bits per heavy atom. The fraction of sp³-hybridized carbons (Fsp3) is 0.200. The first-order valence-electron chi connectivity index (χ1n) is 8.09. The molecule has 0 saturated carbocycles. The van der Waals surface area contributed by atoms with Crippen molar-refractivity contribution in [3.8, 4) is 16.3 Å². The van der Waals surface area contributed by atoms with Crippen LogP contribution >= 0.6 is 22.9 Å². The van der Waals surface area contributed by atoms with Crippen LogP contribution in [0.2, 0.25) is 5.02 Å². The largest absolute Gasteiger partial charge is 0.497 e. The molecule has 2 aromatic carbocycles. The molecule has 6 heteroatoms. The van der Waals surface area contributed by atoms with E-state index < -0.39 is 0 Å². The van der Waals surface area contributed by atoms with Crippen molar-refractivity contribution in [2.45, 2.75) is 13.5 Å². The number of benzene rings is 2. The molecule has 3 aromatic rings. The third kappa shape index (κ3) is 4.06. The van der Waals surface area contributed by atoms with E-state index in [4.69, 9.17) is 16.3 Å². The summed E-state index contributed by atoms with van der Waals surface area (Å²) in [6.45, 7) is 2.38. The number of thiazole rings is 1. The van der Waals surface area contributed by atoms with E-state index in [2.05, 4.69) is 4.98 Å². The number of ether oxygens (including phenoxy) is 1. The van der Waals surface area contributed by atoms with Crippen LogP contribution in [0.25, 0.3) is 10.6 Å². The normalized spacial score (nSPS) is 10.6. The first-order chi connectivity index (χ1) is 12.5. The maximum absolute atomic E-state index is 12.9. The summed E-state index contributed by atoms with van der Waals surface area (Å²) in [5, 5.41) is 1.45. The molecule has 0 bridgehead atoms. The van der Waals surface area contributed by atoms with Gasteiger partial charge in [-0.2, -0.15) is 0 Å². The summed E-state index contributed by atoms with van der Waals surface area (Å²) in [6, 6.07) is 15.2. The van der Waals surface area contributed by atoms with Gasteiger partial charge in [0.25, 0.3) is 5.91 Å². The Balaban J connectivity index is 1.78. The lowest BCUT2D eigenvalue weighted by molar-refractivity contribution is 0.0789. The second-order valence-electron chi connectivity index (χ2n) is 5.95. The molecule has 1 amide bonds. The van der Waals surface area contributed by atoms with E-state index in [0.717, 1.165) is 27.6 Å². The molecule has 26 heavy (non-hydrogen) atoms. The zero-order valence-electron chi connectivity index (χ0n) is 14.8. The van der Waals surface area contributed by atoms with Crippen LogP contribution in [0.1, 0.15) is 20.9 Å². The molecule has 3 rings (SSSR count). The quantitative estimate of drug-likeness (QED) is 0.616. The van der Waals surface area contributed by atoms with Crippen molar-refractivity contribution in [2.75, 3.05) is 14.2 Å². The third-order valence-electron chi connectivity index (χ3n) is 3.99. The Kier molecular flexibility index (Phi) is 5.59. The van der Waals surface area contributed by atoms with Gasteiger partial charge in [-0.1, -0.05) is 35.9 Å². The van der Waals surface area contributed by atoms with E-state index in [1.54, 1.807) is 19.1 Å². The van der Waals surface area contributed by atoms with Gasteiger partial charge in [-0.15, -0.1) is 11.3 Å². The minimum atomic E-state index is -0.0379. The molecule has 134 valence electrons. The maximum Gasteiger partial charge on any atom is 0.265 e. The van der Waals surface area contributed by atoms with Gasteiger partial charge in [0.2, 0.25) is 0 Å². The van der Waals surface area contributed by atoms with Crippen LogP contribution in [0.15, 0.2) is 48.5 Å². The smallest absolute Gasteiger partial charge is 0.265 e. The zero-order chi connectivity index (χ0) is 18.7. The molecule has 0 saturated heterocycles. The number of rotatable bonds is 5.